The van der Waals surface area contributed by atoms with Crippen molar-refractivity contribution in [3.05, 3.63) is 59.7 Å². The first-order valence-corrected chi connectivity index (χ1v) is 5.90. The molecule has 2 aromatic rings. The zero-order valence-corrected chi connectivity index (χ0v) is 10.6. The molecule has 0 amide bonds. The second-order valence-electron chi connectivity index (χ2n) is 4.25. The molecular weight excluding hydrogens is 222 g/mol. The van der Waals surface area contributed by atoms with Crippen LogP contribution in [0.25, 0.3) is 0 Å². The standard InChI is InChI=1S/C15H17N3/c1-11-7-3-5-9-13(11)17-15(16)18-14-10-6-4-8-12(14)2/h3-10,16-18H,1-2H3/q+1. The molecule has 3 N–H and O–H groups in total. The molecule has 0 atom stereocenters. The molecule has 18 heavy (non-hydrogen) atoms. The largest absolute Gasteiger partial charge is 0.386 e. The average Bonchev–Trinajstić information content (AvgIpc) is 2.35. The number of nitrogens with one attached hydrogen (secondary N) is 3. The topological polar surface area (TPSA) is 47.9 Å². The highest BCUT2D eigenvalue weighted by Gasteiger charge is 2.10. The van der Waals surface area contributed by atoms with E-state index in [1.807, 2.05) is 62.4 Å². The predicted molar refractivity (Wildman–Crippen MR) is 75.6 cm³/mol. The number of benzene rings is 2. The summed E-state index contributed by atoms with van der Waals surface area (Å²) in [5.41, 5.74) is 4.13. The Labute approximate surface area is 107 Å². The molecule has 3 nitrogen and oxygen atoms in total. The summed E-state index contributed by atoms with van der Waals surface area (Å²) in [6, 6.07) is 15.8. The Morgan fingerprint density at radius 3 is 1.56 bits per heavy atom. The molecule has 0 heterocycles. The van der Waals surface area contributed by atoms with Gasteiger partial charge in [-0.3, -0.25) is 0 Å². The first kappa shape index (κ1) is 12.2. The van der Waals surface area contributed by atoms with Crippen LogP contribution in [-0.4, -0.2) is 5.96 Å². The molecule has 3 heteroatoms. The summed E-state index contributed by atoms with van der Waals surface area (Å²) < 4.78 is 0. The van der Waals surface area contributed by atoms with Crippen molar-refractivity contribution >= 4 is 17.3 Å². The fraction of sp³-hybridized carbons (Fsp3) is 0.133. The van der Waals surface area contributed by atoms with E-state index in [4.69, 9.17) is 5.41 Å². The Balaban J connectivity index is 2.06. The van der Waals surface area contributed by atoms with Crippen LogP contribution in [0, 0.1) is 13.8 Å². The minimum atomic E-state index is 0.276. The lowest BCUT2D eigenvalue weighted by Gasteiger charge is -2.06. The normalized spacial score (nSPS) is 9.89. The van der Waals surface area contributed by atoms with Crippen LogP contribution < -0.4 is 16.0 Å². The Hall–Kier alpha value is -2.29. The van der Waals surface area contributed by atoms with Crippen molar-refractivity contribution in [1.29, 1.82) is 0 Å². The first-order valence-electron chi connectivity index (χ1n) is 5.90. The minimum absolute atomic E-state index is 0.276. The van der Waals surface area contributed by atoms with Crippen molar-refractivity contribution in [2.45, 2.75) is 13.8 Å². The molecule has 0 saturated heterocycles. The Bertz CT molecular complexity index is 512. The van der Waals surface area contributed by atoms with Gasteiger partial charge in [-0.1, -0.05) is 36.4 Å². The number of rotatable bonds is 2. The third-order valence-electron chi connectivity index (χ3n) is 2.81. The van der Waals surface area contributed by atoms with E-state index in [-0.39, 0.29) is 5.96 Å². The van der Waals surface area contributed by atoms with Gasteiger partial charge in [0, 0.05) is 0 Å². The average molecular weight is 239 g/mol. The summed E-state index contributed by atoms with van der Waals surface area (Å²) in [5, 5.41) is 14.1. The number of hydrogen-bond acceptors (Lipinski definition) is 1. The van der Waals surface area contributed by atoms with E-state index in [2.05, 4.69) is 10.6 Å². The molecule has 0 saturated carbocycles. The van der Waals surface area contributed by atoms with Crippen molar-refractivity contribution in [2.24, 2.45) is 0 Å². The molecule has 0 fully saturated rings. The van der Waals surface area contributed by atoms with Gasteiger partial charge < -0.3 is 0 Å². The van der Waals surface area contributed by atoms with Gasteiger partial charge in [-0.2, -0.15) is 0 Å². The SMILES string of the molecule is Cc1ccccc1NC(=[NH+])Nc1ccccc1C. The summed E-state index contributed by atoms with van der Waals surface area (Å²) in [4.78, 5) is 0. The van der Waals surface area contributed by atoms with Gasteiger partial charge in [0.25, 0.3) is 0 Å². The first-order chi connectivity index (χ1) is 8.66. The Kier molecular flexibility index (Phi) is 3.63. The smallest absolute Gasteiger partial charge is 0.242 e. The Morgan fingerprint density at radius 1 is 0.778 bits per heavy atom. The zero-order chi connectivity index (χ0) is 13.0. The van der Waals surface area contributed by atoms with Gasteiger partial charge in [-0.05, 0) is 37.1 Å². The van der Waals surface area contributed by atoms with Crippen molar-refractivity contribution in [1.82, 2.24) is 0 Å². The van der Waals surface area contributed by atoms with Crippen molar-refractivity contribution in [3.8, 4) is 0 Å². The molecular formula is C15H17N3+. The molecule has 0 aliphatic rings. The van der Waals surface area contributed by atoms with Crippen LogP contribution in [0.15, 0.2) is 48.5 Å². The number of guanidine groups is 1. The lowest BCUT2D eigenvalue weighted by molar-refractivity contribution is -0.113. The molecule has 0 aliphatic heterocycles. The van der Waals surface area contributed by atoms with Crippen LogP contribution >= 0.6 is 0 Å². The maximum absolute atomic E-state index is 7.93. The predicted octanol–water partition coefficient (Wildman–Crippen LogP) is 1.73. The lowest BCUT2D eigenvalue weighted by Crippen LogP contribution is -2.49. The quantitative estimate of drug-likeness (QED) is 0.552. The van der Waals surface area contributed by atoms with Gasteiger partial charge in [0.15, 0.2) is 0 Å². The van der Waals surface area contributed by atoms with E-state index in [0.29, 0.717) is 0 Å². The number of hydrogen-bond donors (Lipinski definition) is 3. The van der Waals surface area contributed by atoms with E-state index in [0.717, 1.165) is 22.5 Å². The monoisotopic (exact) mass is 239 g/mol. The minimum Gasteiger partial charge on any atom is -0.242 e. The molecule has 91 valence electrons. The number of aryl methyl sites for hydroxylation is 2. The maximum atomic E-state index is 7.93. The Morgan fingerprint density at radius 2 is 1.17 bits per heavy atom. The van der Waals surface area contributed by atoms with Gasteiger partial charge in [-0.15, -0.1) is 5.41 Å². The molecule has 0 bridgehead atoms. The van der Waals surface area contributed by atoms with Crippen LogP contribution in [0.3, 0.4) is 0 Å². The second-order valence-corrected chi connectivity index (χ2v) is 4.25. The van der Waals surface area contributed by atoms with Crippen LogP contribution in [0.1, 0.15) is 11.1 Å². The summed E-state index contributed by atoms with van der Waals surface area (Å²) in [7, 11) is 0. The molecule has 2 aromatic carbocycles. The summed E-state index contributed by atoms with van der Waals surface area (Å²) in [6.45, 7) is 4.03. The van der Waals surface area contributed by atoms with Gasteiger partial charge in [-0.25, -0.2) is 10.6 Å². The fourth-order valence-corrected chi connectivity index (χ4v) is 1.73. The highest BCUT2D eigenvalue weighted by Crippen LogP contribution is 2.15. The van der Waals surface area contributed by atoms with Crippen LogP contribution in [0.2, 0.25) is 0 Å². The van der Waals surface area contributed by atoms with Gasteiger partial charge in [0.05, 0.1) is 0 Å². The van der Waals surface area contributed by atoms with E-state index in [9.17, 15) is 0 Å². The lowest BCUT2D eigenvalue weighted by atomic mass is 10.2. The van der Waals surface area contributed by atoms with Crippen LogP contribution in [0.5, 0.6) is 0 Å². The molecule has 0 aromatic heterocycles. The second kappa shape index (κ2) is 5.36. The molecule has 0 unspecified atom stereocenters. The third kappa shape index (κ3) is 2.88. The molecule has 0 aliphatic carbocycles. The van der Waals surface area contributed by atoms with Gasteiger partial charge in [0.2, 0.25) is 0 Å². The van der Waals surface area contributed by atoms with E-state index >= 15 is 0 Å². The zero-order valence-electron chi connectivity index (χ0n) is 10.6. The van der Waals surface area contributed by atoms with Crippen molar-refractivity contribution in [2.75, 3.05) is 10.6 Å². The summed E-state index contributed by atoms with van der Waals surface area (Å²) >= 11 is 0. The number of anilines is 2. The molecule has 2 rings (SSSR count). The van der Waals surface area contributed by atoms with Crippen LogP contribution in [-0.2, 0) is 0 Å². The third-order valence-corrected chi connectivity index (χ3v) is 2.81. The van der Waals surface area contributed by atoms with E-state index in [1.54, 1.807) is 0 Å². The summed E-state index contributed by atoms with van der Waals surface area (Å²) in [5.74, 6) is 0.276. The van der Waals surface area contributed by atoms with Gasteiger partial charge >= 0.3 is 5.96 Å². The molecule has 1 radical (unpaired) electrons. The van der Waals surface area contributed by atoms with Crippen molar-refractivity contribution < 1.29 is 5.41 Å². The number of para-hydroxylation sites is 2. The maximum Gasteiger partial charge on any atom is 0.386 e. The van der Waals surface area contributed by atoms with Crippen LogP contribution in [0.4, 0.5) is 11.4 Å². The molecule has 0 spiro atoms. The van der Waals surface area contributed by atoms with Gasteiger partial charge in [0.1, 0.15) is 11.4 Å². The fourth-order valence-electron chi connectivity index (χ4n) is 1.73. The van der Waals surface area contributed by atoms with E-state index < -0.39 is 0 Å². The summed E-state index contributed by atoms with van der Waals surface area (Å²) in [6.07, 6.45) is 0. The highest BCUT2D eigenvalue weighted by atomic mass is 15.1. The van der Waals surface area contributed by atoms with Crippen molar-refractivity contribution in [3.63, 3.8) is 0 Å². The highest BCUT2D eigenvalue weighted by molar-refractivity contribution is 6.00. The van der Waals surface area contributed by atoms with E-state index in [1.165, 1.54) is 0 Å².